The van der Waals surface area contributed by atoms with Crippen LogP contribution in [0.1, 0.15) is 54.4 Å². The standard InChI is InChI=1S/C13H20N2O2S/c1-8-6-4-3-5-7-10(8)15-13-14-9(2)11(18-13)12(16)17/h8,10H,3-7H2,1-2H3,(H,14,15)(H,16,17). The largest absolute Gasteiger partial charge is 0.477 e. The summed E-state index contributed by atoms with van der Waals surface area (Å²) in [6, 6.07) is 0.430. The lowest BCUT2D eigenvalue weighted by atomic mass is 9.97. The van der Waals surface area contributed by atoms with Crippen molar-refractivity contribution < 1.29 is 9.90 Å². The molecule has 2 N–H and O–H groups in total. The van der Waals surface area contributed by atoms with Gasteiger partial charge in [-0.1, -0.05) is 37.5 Å². The van der Waals surface area contributed by atoms with Crippen LogP contribution in [0.5, 0.6) is 0 Å². The van der Waals surface area contributed by atoms with Gasteiger partial charge in [0.15, 0.2) is 5.13 Å². The number of aromatic carboxylic acids is 1. The second-order valence-corrected chi connectivity index (χ2v) is 6.10. The van der Waals surface area contributed by atoms with Crippen LogP contribution in [-0.4, -0.2) is 22.1 Å². The molecule has 1 fully saturated rings. The van der Waals surface area contributed by atoms with Gasteiger partial charge in [0.1, 0.15) is 4.88 Å². The Balaban J connectivity index is 2.08. The van der Waals surface area contributed by atoms with Gasteiger partial charge in [0.05, 0.1) is 5.69 Å². The van der Waals surface area contributed by atoms with E-state index in [0.29, 0.717) is 22.5 Å². The number of hydrogen-bond donors (Lipinski definition) is 2. The van der Waals surface area contributed by atoms with Gasteiger partial charge in [0.25, 0.3) is 0 Å². The zero-order chi connectivity index (χ0) is 13.1. The Morgan fingerprint density at radius 1 is 1.39 bits per heavy atom. The molecule has 0 amide bonds. The second-order valence-electron chi connectivity index (χ2n) is 5.10. The highest BCUT2D eigenvalue weighted by Gasteiger charge is 2.22. The number of thiazole rings is 1. The smallest absolute Gasteiger partial charge is 0.347 e. The molecule has 5 heteroatoms. The zero-order valence-electron chi connectivity index (χ0n) is 10.9. The maximum atomic E-state index is 11.0. The summed E-state index contributed by atoms with van der Waals surface area (Å²) in [5.41, 5.74) is 0.608. The summed E-state index contributed by atoms with van der Waals surface area (Å²) in [6.45, 7) is 4.02. The van der Waals surface area contributed by atoms with Crippen molar-refractivity contribution >= 4 is 22.4 Å². The summed E-state index contributed by atoms with van der Waals surface area (Å²) >= 11 is 1.25. The predicted molar refractivity (Wildman–Crippen MR) is 73.5 cm³/mol. The van der Waals surface area contributed by atoms with Gasteiger partial charge >= 0.3 is 5.97 Å². The minimum atomic E-state index is -0.882. The van der Waals surface area contributed by atoms with Crippen molar-refractivity contribution in [2.24, 2.45) is 5.92 Å². The number of carboxylic acids is 1. The Morgan fingerprint density at radius 2 is 2.11 bits per heavy atom. The van der Waals surface area contributed by atoms with Gasteiger partial charge in [-0.3, -0.25) is 0 Å². The first-order valence-electron chi connectivity index (χ1n) is 6.55. The van der Waals surface area contributed by atoms with E-state index in [9.17, 15) is 4.79 Å². The summed E-state index contributed by atoms with van der Waals surface area (Å²) in [5.74, 6) is -0.253. The topological polar surface area (TPSA) is 62.2 Å². The van der Waals surface area contributed by atoms with E-state index in [1.54, 1.807) is 6.92 Å². The number of nitrogens with one attached hydrogen (secondary N) is 1. The van der Waals surface area contributed by atoms with E-state index in [-0.39, 0.29) is 0 Å². The van der Waals surface area contributed by atoms with Crippen LogP contribution in [0.4, 0.5) is 5.13 Å². The van der Waals surface area contributed by atoms with Crippen molar-refractivity contribution in [3.63, 3.8) is 0 Å². The van der Waals surface area contributed by atoms with E-state index in [0.717, 1.165) is 11.6 Å². The summed E-state index contributed by atoms with van der Waals surface area (Å²) in [7, 11) is 0. The Hall–Kier alpha value is -1.10. The molecule has 2 atom stereocenters. The molecule has 0 saturated heterocycles. The average Bonchev–Trinajstić information content (AvgIpc) is 2.56. The molecule has 1 saturated carbocycles. The first-order chi connectivity index (χ1) is 8.58. The molecule has 1 heterocycles. The van der Waals surface area contributed by atoms with Crippen LogP contribution >= 0.6 is 11.3 Å². The Kier molecular flexibility index (Phi) is 4.22. The minimum absolute atomic E-state index is 0.346. The summed E-state index contributed by atoms with van der Waals surface area (Å²) in [6.07, 6.45) is 6.25. The van der Waals surface area contributed by atoms with E-state index in [4.69, 9.17) is 5.11 Å². The van der Waals surface area contributed by atoms with Crippen molar-refractivity contribution in [3.8, 4) is 0 Å². The third-order valence-electron chi connectivity index (χ3n) is 3.66. The van der Waals surface area contributed by atoms with Gasteiger partial charge in [0, 0.05) is 6.04 Å². The SMILES string of the molecule is Cc1nc(NC2CCCCCC2C)sc1C(=O)O. The van der Waals surface area contributed by atoms with Crippen LogP contribution in [0.2, 0.25) is 0 Å². The molecule has 2 unspecified atom stereocenters. The average molecular weight is 268 g/mol. The molecule has 1 aliphatic rings. The van der Waals surface area contributed by atoms with Crippen molar-refractivity contribution in [2.45, 2.75) is 52.0 Å². The number of aromatic nitrogens is 1. The fourth-order valence-electron chi connectivity index (χ4n) is 2.52. The lowest BCUT2D eigenvalue weighted by Crippen LogP contribution is -2.26. The van der Waals surface area contributed by atoms with Gasteiger partial charge in [-0.15, -0.1) is 0 Å². The van der Waals surface area contributed by atoms with E-state index in [1.165, 1.54) is 37.0 Å². The van der Waals surface area contributed by atoms with Gasteiger partial charge in [-0.05, 0) is 25.7 Å². The van der Waals surface area contributed by atoms with E-state index in [2.05, 4.69) is 17.2 Å². The monoisotopic (exact) mass is 268 g/mol. The van der Waals surface area contributed by atoms with Crippen LogP contribution < -0.4 is 5.32 Å². The van der Waals surface area contributed by atoms with Gasteiger partial charge in [-0.2, -0.15) is 0 Å². The van der Waals surface area contributed by atoms with Crippen LogP contribution in [0, 0.1) is 12.8 Å². The first kappa shape index (κ1) is 13.3. The van der Waals surface area contributed by atoms with E-state index >= 15 is 0 Å². The number of hydrogen-bond acceptors (Lipinski definition) is 4. The van der Waals surface area contributed by atoms with Crippen molar-refractivity contribution in [3.05, 3.63) is 10.6 Å². The van der Waals surface area contributed by atoms with Crippen LogP contribution in [-0.2, 0) is 0 Å². The first-order valence-corrected chi connectivity index (χ1v) is 7.37. The molecule has 0 bridgehead atoms. The number of anilines is 1. The van der Waals surface area contributed by atoms with E-state index in [1.807, 2.05) is 0 Å². The van der Waals surface area contributed by atoms with Gasteiger partial charge in [0.2, 0.25) is 0 Å². The number of rotatable bonds is 3. The third-order valence-corrected chi connectivity index (χ3v) is 4.74. The molecule has 0 aliphatic heterocycles. The molecule has 2 rings (SSSR count). The molecule has 1 aliphatic carbocycles. The number of nitrogens with zero attached hydrogens (tertiary/aromatic N) is 1. The highest BCUT2D eigenvalue weighted by Crippen LogP contribution is 2.29. The molecule has 0 radical (unpaired) electrons. The van der Waals surface area contributed by atoms with Crippen molar-refractivity contribution in [1.29, 1.82) is 0 Å². The third kappa shape index (κ3) is 3.02. The Morgan fingerprint density at radius 3 is 2.78 bits per heavy atom. The molecule has 0 aromatic carbocycles. The van der Waals surface area contributed by atoms with Crippen molar-refractivity contribution in [2.75, 3.05) is 5.32 Å². The number of aryl methyl sites for hydroxylation is 1. The Labute approximate surface area is 111 Å². The van der Waals surface area contributed by atoms with Gasteiger partial charge in [-0.25, -0.2) is 9.78 Å². The predicted octanol–water partition coefficient (Wildman–Crippen LogP) is 3.53. The molecule has 18 heavy (non-hydrogen) atoms. The maximum absolute atomic E-state index is 11.0. The van der Waals surface area contributed by atoms with Crippen LogP contribution in [0.15, 0.2) is 0 Å². The summed E-state index contributed by atoms with van der Waals surface area (Å²) in [5, 5.41) is 13.2. The van der Waals surface area contributed by atoms with Crippen LogP contribution in [0.3, 0.4) is 0 Å². The van der Waals surface area contributed by atoms with Crippen molar-refractivity contribution in [1.82, 2.24) is 4.98 Å². The second kappa shape index (κ2) is 5.69. The molecular weight excluding hydrogens is 248 g/mol. The van der Waals surface area contributed by atoms with Crippen LogP contribution in [0.25, 0.3) is 0 Å². The fourth-order valence-corrected chi connectivity index (χ4v) is 3.39. The Bertz CT molecular complexity index is 431. The molecule has 1 aromatic rings. The molecule has 100 valence electrons. The fraction of sp³-hybridized carbons (Fsp3) is 0.692. The van der Waals surface area contributed by atoms with Gasteiger partial charge < -0.3 is 10.4 Å². The quantitative estimate of drug-likeness (QED) is 0.823. The zero-order valence-corrected chi connectivity index (χ0v) is 11.7. The number of carboxylic acid groups (broad SMARTS) is 1. The molecule has 4 nitrogen and oxygen atoms in total. The molecule has 0 spiro atoms. The molecular formula is C13H20N2O2S. The lowest BCUT2D eigenvalue weighted by Gasteiger charge is -2.22. The maximum Gasteiger partial charge on any atom is 0.347 e. The summed E-state index contributed by atoms with van der Waals surface area (Å²) < 4.78 is 0. The minimum Gasteiger partial charge on any atom is -0.477 e. The highest BCUT2D eigenvalue weighted by atomic mass is 32.1. The molecule has 1 aromatic heterocycles. The number of carbonyl (C=O) groups is 1. The highest BCUT2D eigenvalue weighted by molar-refractivity contribution is 7.17. The summed E-state index contributed by atoms with van der Waals surface area (Å²) in [4.78, 5) is 15.7. The lowest BCUT2D eigenvalue weighted by molar-refractivity contribution is 0.0701. The normalized spacial score (nSPS) is 24.6. The van der Waals surface area contributed by atoms with E-state index < -0.39 is 5.97 Å².